The minimum absolute atomic E-state index is 0.0743. The van der Waals surface area contributed by atoms with Gasteiger partial charge in [-0.25, -0.2) is 4.39 Å². The molecular formula is C16H23FN2O. The average molecular weight is 278 g/mol. The molecule has 0 aromatic heterocycles. The van der Waals surface area contributed by atoms with E-state index in [4.69, 9.17) is 5.73 Å². The molecule has 1 fully saturated rings. The number of halogens is 1. The molecule has 0 heterocycles. The van der Waals surface area contributed by atoms with E-state index in [1.165, 1.54) is 18.6 Å². The van der Waals surface area contributed by atoms with Crippen molar-refractivity contribution >= 4 is 5.91 Å². The zero-order chi connectivity index (χ0) is 14.6. The first-order valence-electron chi connectivity index (χ1n) is 7.31. The fourth-order valence-corrected chi connectivity index (χ4v) is 3.11. The van der Waals surface area contributed by atoms with Gasteiger partial charge in [-0.05, 0) is 36.5 Å². The van der Waals surface area contributed by atoms with E-state index >= 15 is 0 Å². The Morgan fingerprint density at radius 1 is 1.50 bits per heavy atom. The van der Waals surface area contributed by atoms with E-state index in [-0.39, 0.29) is 23.7 Å². The Labute approximate surface area is 119 Å². The van der Waals surface area contributed by atoms with Crippen molar-refractivity contribution in [3.8, 4) is 0 Å². The second-order valence-corrected chi connectivity index (χ2v) is 5.86. The first-order chi connectivity index (χ1) is 9.55. The number of nitrogens with two attached hydrogens (primary N) is 1. The monoisotopic (exact) mass is 278 g/mol. The van der Waals surface area contributed by atoms with Crippen molar-refractivity contribution in [1.82, 2.24) is 5.32 Å². The largest absolute Gasteiger partial charge is 0.349 e. The van der Waals surface area contributed by atoms with Crippen LogP contribution >= 0.6 is 0 Å². The number of amides is 1. The van der Waals surface area contributed by atoms with E-state index in [9.17, 15) is 9.18 Å². The highest BCUT2D eigenvalue weighted by molar-refractivity contribution is 5.79. The van der Waals surface area contributed by atoms with Crippen molar-refractivity contribution in [2.75, 3.05) is 6.54 Å². The van der Waals surface area contributed by atoms with Gasteiger partial charge in [0.15, 0.2) is 0 Å². The van der Waals surface area contributed by atoms with Gasteiger partial charge in [-0.1, -0.05) is 31.9 Å². The summed E-state index contributed by atoms with van der Waals surface area (Å²) < 4.78 is 13.1. The average Bonchev–Trinajstić information content (AvgIpc) is 2.41. The molecule has 1 saturated carbocycles. The predicted molar refractivity (Wildman–Crippen MR) is 77.7 cm³/mol. The Balaban J connectivity index is 2.02. The van der Waals surface area contributed by atoms with Gasteiger partial charge in [0.1, 0.15) is 5.82 Å². The van der Waals surface area contributed by atoms with E-state index in [1.54, 1.807) is 12.1 Å². The zero-order valence-corrected chi connectivity index (χ0v) is 12.0. The maximum atomic E-state index is 13.1. The molecule has 0 bridgehead atoms. The summed E-state index contributed by atoms with van der Waals surface area (Å²) in [5.41, 5.74) is 6.32. The summed E-state index contributed by atoms with van der Waals surface area (Å²) in [6.45, 7) is 2.61. The summed E-state index contributed by atoms with van der Waals surface area (Å²) in [6, 6.07) is 6.17. The maximum absolute atomic E-state index is 13.1. The van der Waals surface area contributed by atoms with Crippen LogP contribution in [0.15, 0.2) is 24.3 Å². The van der Waals surface area contributed by atoms with E-state index < -0.39 is 0 Å². The minimum atomic E-state index is -0.310. The lowest BCUT2D eigenvalue weighted by atomic mass is 9.73. The minimum Gasteiger partial charge on any atom is -0.349 e. The Kier molecular flexibility index (Phi) is 4.76. The maximum Gasteiger partial charge on any atom is 0.224 e. The summed E-state index contributed by atoms with van der Waals surface area (Å²) in [5.74, 6) is 0.00221. The van der Waals surface area contributed by atoms with Gasteiger partial charge in [-0.15, -0.1) is 0 Å². The molecule has 2 unspecified atom stereocenters. The smallest absolute Gasteiger partial charge is 0.224 e. The molecule has 1 aromatic carbocycles. The topological polar surface area (TPSA) is 55.1 Å². The molecule has 2 rings (SSSR count). The quantitative estimate of drug-likeness (QED) is 0.888. The van der Waals surface area contributed by atoms with Gasteiger partial charge in [-0.3, -0.25) is 4.79 Å². The number of benzene rings is 1. The fourth-order valence-electron chi connectivity index (χ4n) is 3.11. The van der Waals surface area contributed by atoms with Crippen molar-refractivity contribution in [2.45, 2.75) is 44.6 Å². The second kappa shape index (κ2) is 6.35. The van der Waals surface area contributed by atoms with Crippen LogP contribution < -0.4 is 11.1 Å². The molecule has 1 aromatic rings. The highest BCUT2D eigenvalue weighted by atomic mass is 19.1. The van der Waals surface area contributed by atoms with Crippen LogP contribution in [0.1, 0.15) is 38.2 Å². The van der Waals surface area contributed by atoms with Gasteiger partial charge in [0.05, 0.1) is 12.0 Å². The molecule has 4 heteroatoms. The first-order valence-corrected chi connectivity index (χ1v) is 7.31. The van der Waals surface area contributed by atoms with Crippen LogP contribution in [0.4, 0.5) is 4.39 Å². The van der Waals surface area contributed by atoms with E-state index in [0.717, 1.165) is 19.3 Å². The normalized spacial score (nSPS) is 26.2. The molecule has 0 saturated heterocycles. The third-order valence-electron chi connectivity index (χ3n) is 4.46. The van der Waals surface area contributed by atoms with Crippen LogP contribution in [0, 0.1) is 11.7 Å². The highest BCUT2D eigenvalue weighted by Crippen LogP contribution is 2.32. The SMILES string of the molecule is CC1CCCCC1(CN)NC(=O)Cc1cccc(F)c1. The van der Waals surface area contributed by atoms with Crippen molar-refractivity contribution in [2.24, 2.45) is 11.7 Å². The van der Waals surface area contributed by atoms with Gasteiger partial charge >= 0.3 is 0 Å². The van der Waals surface area contributed by atoms with Crippen molar-refractivity contribution < 1.29 is 9.18 Å². The molecule has 3 N–H and O–H groups in total. The summed E-state index contributed by atoms with van der Waals surface area (Å²) in [6.07, 6.45) is 4.52. The number of carbonyl (C=O) groups is 1. The molecule has 0 radical (unpaired) electrons. The van der Waals surface area contributed by atoms with E-state index in [2.05, 4.69) is 12.2 Å². The van der Waals surface area contributed by atoms with Crippen LogP contribution in [0.2, 0.25) is 0 Å². The fraction of sp³-hybridized carbons (Fsp3) is 0.562. The number of nitrogens with one attached hydrogen (secondary N) is 1. The predicted octanol–water partition coefficient (Wildman–Crippen LogP) is 2.39. The number of hydrogen-bond acceptors (Lipinski definition) is 2. The Bertz CT molecular complexity index is 477. The standard InChI is InChI=1S/C16H23FN2O/c1-12-5-2-3-8-16(12,11-18)19-15(20)10-13-6-4-7-14(17)9-13/h4,6-7,9,12H,2-3,5,8,10-11,18H2,1H3,(H,19,20). The summed E-state index contributed by atoms with van der Waals surface area (Å²) in [7, 11) is 0. The third-order valence-corrected chi connectivity index (χ3v) is 4.46. The van der Waals surface area contributed by atoms with Crippen molar-refractivity contribution in [3.63, 3.8) is 0 Å². The Hall–Kier alpha value is -1.42. The Morgan fingerprint density at radius 2 is 2.30 bits per heavy atom. The third kappa shape index (κ3) is 3.37. The molecule has 2 atom stereocenters. The van der Waals surface area contributed by atoms with E-state index in [0.29, 0.717) is 18.0 Å². The molecule has 110 valence electrons. The highest BCUT2D eigenvalue weighted by Gasteiger charge is 2.38. The van der Waals surface area contributed by atoms with Gasteiger partial charge in [0.25, 0.3) is 0 Å². The summed E-state index contributed by atoms with van der Waals surface area (Å²) in [5, 5.41) is 3.11. The zero-order valence-electron chi connectivity index (χ0n) is 12.0. The van der Waals surface area contributed by atoms with Gasteiger partial charge in [-0.2, -0.15) is 0 Å². The van der Waals surface area contributed by atoms with Crippen LogP contribution in [-0.4, -0.2) is 18.0 Å². The lowest BCUT2D eigenvalue weighted by Gasteiger charge is -2.42. The van der Waals surface area contributed by atoms with Gasteiger partial charge in [0, 0.05) is 6.54 Å². The molecular weight excluding hydrogens is 255 g/mol. The molecule has 0 spiro atoms. The molecule has 3 nitrogen and oxygen atoms in total. The number of rotatable bonds is 4. The van der Waals surface area contributed by atoms with E-state index in [1.807, 2.05) is 0 Å². The van der Waals surface area contributed by atoms with Crippen LogP contribution in [0.25, 0.3) is 0 Å². The molecule has 0 aliphatic heterocycles. The molecule has 20 heavy (non-hydrogen) atoms. The van der Waals surface area contributed by atoms with Crippen LogP contribution in [0.3, 0.4) is 0 Å². The van der Waals surface area contributed by atoms with Crippen LogP contribution in [0.5, 0.6) is 0 Å². The second-order valence-electron chi connectivity index (χ2n) is 5.86. The summed E-state index contributed by atoms with van der Waals surface area (Å²) >= 11 is 0. The van der Waals surface area contributed by atoms with Gasteiger partial charge < -0.3 is 11.1 Å². The lowest BCUT2D eigenvalue weighted by Crippen LogP contribution is -2.59. The summed E-state index contributed by atoms with van der Waals surface area (Å²) in [4.78, 5) is 12.2. The number of carbonyl (C=O) groups excluding carboxylic acids is 1. The lowest BCUT2D eigenvalue weighted by molar-refractivity contribution is -0.123. The van der Waals surface area contributed by atoms with Gasteiger partial charge in [0.2, 0.25) is 5.91 Å². The Morgan fingerprint density at radius 3 is 2.95 bits per heavy atom. The van der Waals surface area contributed by atoms with Crippen molar-refractivity contribution in [1.29, 1.82) is 0 Å². The van der Waals surface area contributed by atoms with Crippen LogP contribution in [-0.2, 0) is 11.2 Å². The molecule has 1 aliphatic carbocycles. The van der Waals surface area contributed by atoms with Crippen molar-refractivity contribution in [3.05, 3.63) is 35.6 Å². The number of hydrogen-bond donors (Lipinski definition) is 2. The molecule has 1 amide bonds. The first kappa shape index (κ1) is 15.0. The molecule has 1 aliphatic rings.